The largest absolute Gasteiger partial charge is 0.368 e. The number of rotatable bonds is 5. The lowest BCUT2D eigenvalue weighted by atomic mass is 10.2. The van der Waals surface area contributed by atoms with Crippen LogP contribution in [0.4, 0.5) is 5.82 Å². The Bertz CT molecular complexity index is 504. The second-order valence-corrected chi connectivity index (χ2v) is 4.44. The molecule has 2 aromatic heterocycles. The van der Waals surface area contributed by atoms with Crippen molar-refractivity contribution in [2.24, 2.45) is 0 Å². The van der Waals surface area contributed by atoms with Gasteiger partial charge in [0, 0.05) is 31.2 Å². The van der Waals surface area contributed by atoms with E-state index in [2.05, 4.69) is 41.2 Å². The third kappa shape index (κ3) is 2.50. The van der Waals surface area contributed by atoms with Gasteiger partial charge in [-0.15, -0.1) is 0 Å². The van der Waals surface area contributed by atoms with Gasteiger partial charge in [0.2, 0.25) is 0 Å². The van der Waals surface area contributed by atoms with Gasteiger partial charge >= 0.3 is 0 Å². The van der Waals surface area contributed by atoms with E-state index in [1.54, 1.807) is 18.6 Å². The lowest BCUT2D eigenvalue weighted by molar-refractivity contribution is 0.538. The summed E-state index contributed by atoms with van der Waals surface area (Å²) in [4.78, 5) is 8.79. The highest BCUT2D eigenvalue weighted by Gasteiger charge is 2.13. The molecular weight excluding hydrogens is 226 g/mol. The van der Waals surface area contributed by atoms with E-state index in [0.717, 1.165) is 30.2 Å². The molecule has 0 bridgehead atoms. The molecule has 0 saturated carbocycles. The summed E-state index contributed by atoms with van der Waals surface area (Å²) in [6.07, 6.45) is 6.27. The monoisotopic (exact) mass is 245 g/mol. The van der Waals surface area contributed by atoms with Crippen LogP contribution in [0.2, 0.25) is 0 Å². The van der Waals surface area contributed by atoms with Gasteiger partial charge in [-0.25, -0.2) is 9.97 Å². The van der Waals surface area contributed by atoms with Crippen molar-refractivity contribution in [3.05, 3.63) is 24.7 Å². The fourth-order valence-corrected chi connectivity index (χ4v) is 1.81. The minimum atomic E-state index is 0.302. The first kappa shape index (κ1) is 12.5. The van der Waals surface area contributed by atoms with E-state index in [9.17, 15) is 0 Å². The highest BCUT2D eigenvalue weighted by molar-refractivity contribution is 5.68. The number of aromatic nitrogens is 4. The van der Waals surface area contributed by atoms with Crippen LogP contribution in [0.25, 0.3) is 11.4 Å². The van der Waals surface area contributed by atoms with Crippen LogP contribution >= 0.6 is 0 Å². The predicted molar refractivity (Wildman–Crippen MR) is 72.4 cm³/mol. The van der Waals surface area contributed by atoms with Crippen molar-refractivity contribution in [1.29, 1.82) is 0 Å². The van der Waals surface area contributed by atoms with E-state index in [0.29, 0.717) is 6.04 Å². The average Bonchev–Trinajstić information content (AvgIpc) is 2.86. The van der Waals surface area contributed by atoms with Crippen LogP contribution in [0.3, 0.4) is 0 Å². The van der Waals surface area contributed by atoms with Crippen molar-refractivity contribution in [1.82, 2.24) is 19.7 Å². The highest BCUT2D eigenvalue weighted by atomic mass is 15.3. The van der Waals surface area contributed by atoms with E-state index >= 15 is 0 Å². The Labute approximate surface area is 107 Å². The number of nitrogens with one attached hydrogen (secondary N) is 1. The smallest absolute Gasteiger partial charge is 0.154 e. The maximum absolute atomic E-state index is 4.43. The zero-order valence-electron chi connectivity index (χ0n) is 11.1. The van der Waals surface area contributed by atoms with Gasteiger partial charge in [0.1, 0.15) is 5.69 Å². The zero-order chi connectivity index (χ0) is 13.0. The Hall–Kier alpha value is -1.91. The molecule has 2 heterocycles. The molecule has 0 aliphatic heterocycles. The van der Waals surface area contributed by atoms with E-state index < -0.39 is 0 Å². The third-order valence-corrected chi connectivity index (χ3v) is 2.64. The van der Waals surface area contributed by atoms with Gasteiger partial charge in [-0.05, 0) is 26.3 Å². The van der Waals surface area contributed by atoms with Crippen LogP contribution in [0.5, 0.6) is 0 Å². The standard InChI is InChI=1S/C13H19N5/c1-4-6-15-13-12(14-8-9-16-13)11-5-7-17-18(11)10(2)3/h5,7-10H,4,6H2,1-3H3,(H,15,16). The van der Waals surface area contributed by atoms with Gasteiger partial charge in [-0.2, -0.15) is 5.10 Å². The van der Waals surface area contributed by atoms with Crippen molar-refractivity contribution in [3.63, 3.8) is 0 Å². The quantitative estimate of drug-likeness (QED) is 0.880. The van der Waals surface area contributed by atoms with Gasteiger partial charge in [-0.3, -0.25) is 4.68 Å². The van der Waals surface area contributed by atoms with Gasteiger partial charge in [-0.1, -0.05) is 6.92 Å². The Morgan fingerprint density at radius 2 is 2.00 bits per heavy atom. The second-order valence-electron chi connectivity index (χ2n) is 4.44. The summed E-state index contributed by atoms with van der Waals surface area (Å²) >= 11 is 0. The normalized spacial score (nSPS) is 10.9. The fraction of sp³-hybridized carbons (Fsp3) is 0.462. The lowest BCUT2D eigenvalue weighted by Gasteiger charge is -2.13. The molecule has 0 aromatic carbocycles. The number of hydrogen-bond donors (Lipinski definition) is 1. The minimum absolute atomic E-state index is 0.302. The molecule has 0 amide bonds. The summed E-state index contributed by atoms with van der Waals surface area (Å²) in [5, 5.41) is 7.64. The zero-order valence-corrected chi connectivity index (χ0v) is 11.1. The van der Waals surface area contributed by atoms with Crippen molar-refractivity contribution < 1.29 is 0 Å². The molecule has 0 aliphatic rings. The van der Waals surface area contributed by atoms with Crippen LogP contribution in [0.1, 0.15) is 33.2 Å². The van der Waals surface area contributed by atoms with Gasteiger partial charge in [0.15, 0.2) is 5.82 Å². The maximum Gasteiger partial charge on any atom is 0.154 e. The Balaban J connectivity index is 2.40. The SMILES string of the molecule is CCCNc1nccnc1-c1ccnn1C(C)C. The minimum Gasteiger partial charge on any atom is -0.368 e. The first-order valence-electron chi connectivity index (χ1n) is 6.32. The summed E-state index contributed by atoms with van der Waals surface area (Å²) < 4.78 is 1.96. The van der Waals surface area contributed by atoms with Crippen molar-refractivity contribution in [2.45, 2.75) is 33.2 Å². The first-order valence-corrected chi connectivity index (χ1v) is 6.32. The maximum atomic E-state index is 4.43. The predicted octanol–water partition coefficient (Wildman–Crippen LogP) is 2.74. The third-order valence-electron chi connectivity index (χ3n) is 2.64. The molecule has 5 heteroatoms. The molecular formula is C13H19N5. The molecule has 96 valence electrons. The Kier molecular flexibility index (Phi) is 3.92. The Morgan fingerprint density at radius 1 is 1.22 bits per heavy atom. The molecule has 1 N–H and O–H groups in total. The molecule has 0 saturated heterocycles. The molecule has 0 fully saturated rings. The van der Waals surface area contributed by atoms with Crippen LogP contribution in [0.15, 0.2) is 24.7 Å². The summed E-state index contributed by atoms with van der Waals surface area (Å²) in [5.74, 6) is 0.821. The number of hydrogen-bond acceptors (Lipinski definition) is 4. The molecule has 2 aromatic rings. The molecule has 0 radical (unpaired) electrons. The molecule has 18 heavy (non-hydrogen) atoms. The van der Waals surface area contributed by atoms with Crippen LogP contribution in [-0.2, 0) is 0 Å². The van der Waals surface area contributed by atoms with E-state index in [4.69, 9.17) is 0 Å². The molecule has 0 unspecified atom stereocenters. The summed E-state index contributed by atoms with van der Waals surface area (Å²) in [6, 6.07) is 2.28. The molecule has 0 spiro atoms. The van der Waals surface area contributed by atoms with Crippen LogP contribution in [0, 0.1) is 0 Å². The molecule has 2 rings (SSSR count). The van der Waals surface area contributed by atoms with E-state index in [-0.39, 0.29) is 0 Å². The van der Waals surface area contributed by atoms with Crippen molar-refractivity contribution >= 4 is 5.82 Å². The topological polar surface area (TPSA) is 55.6 Å². The van der Waals surface area contributed by atoms with Crippen molar-refractivity contribution in [2.75, 3.05) is 11.9 Å². The molecule has 0 aliphatic carbocycles. The second kappa shape index (κ2) is 5.62. The van der Waals surface area contributed by atoms with Crippen LogP contribution in [-0.4, -0.2) is 26.3 Å². The lowest BCUT2D eigenvalue weighted by Crippen LogP contribution is -2.09. The number of anilines is 1. The van der Waals surface area contributed by atoms with Crippen molar-refractivity contribution in [3.8, 4) is 11.4 Å². The molecule has 5 nitrogen and oxygen atoms in total. The number of nitrogens with zero attached hydrogens (tertiary/aromatic N) is 4. The highest BCUT2D eigenvalue weighted by Crippen LogP contribution is 2.25. The Morgan fingerprint density at radius 3 is 2.72 bits per heavy atom. The molecule has 0 atom stereocenters. The summed E-state index contributed by atoms with van der Waals surface area (Å²) in [6.45, 7) is 7.22. The fourth-order valence-electron chi connectivity index (χ4n) is 1.81. The van der Waals surface area contributed by atoms with E-state index in [1.165, 1.54) is 0 Å². The van der Waals surface area contributed by atoms with E-state index in [1.807, 2.05) is 10.7 Å². The summed E-state index contributed by atoms with van der Waals surface area (Å²) in [7, 11) is 0. The average molecular weight is 245 g/mol. The van der Waals surface area contributed by atoms with Gasteiger partial charge in [0.05, 0.1) is 5.69 Å². The summed E-state index contributed by atoms with van der Waals surface area (Å²) in [5.41, 5.74) is 1.86. The van der Waals surface area contributed by atoms with Gasteiger partial charge < -0.3 is 5.32 Å². The van der Waals surface area contributed by atoms with Gasteiger partial charge in [0.25, 0.3) is 0 Å². The first-order chi connectivity index (χ1) is 8.74. The van der Waals surface area contributed by atoms with Crippen LogP contribution < -0.4 is 5.32 Å².